The molecular formula is C14H14O2S. The number of rotatable bonds is 3. The zero-order valence-corrected chi connectivity index (χ0v) is 10.5. The highest BCUT2D eigenvalue weighted by atomic mass is 32.1. The van der Waals surface area contributed by atoms with E-state index in [-0.39, 0.29) is 5.78 Å². The van der Waals surface area contributed by atoms with Crippen LogP contribution in [0.25, 0.3) is 10.1 Å². The van der Waals surface area contributed by atoms with Crippen molar-refractivity contribution in [2.75, 3.05) is 7.11 Å². The number of hydrogen-bond acceptors (Lipinski definition) is 3. The summed E-state index contributed by atoms with van der Waals surface area (Å²) in [6.07, 6.45) is 2.79. The zero-order chi connectivity index (χ0) is 11.9. The summed E-state index contributed by atoms with van der Waals surface area (Å²) in [4.78, 5) is 12.6. The summed E-state index contributed by atoms with van der Waals surface area (Å²) in [5.41, 5.74) is 0.275. The summed E-state index contributed by atoms with van der Waals surface area (Å²) in [5, 5.41) is 3.17. The molecule has 1 saturated carbocycles. The third kappa shape index (κ3) is 1.53. The highest BCUT2D eigenvalue weighted by Gasteiger charge is 2.45. The van der Waals surface area contributed by atoms with Crippen molar-refractivity contribution in [1.29, 1.82) is 0 Å². The van der Waals surface area contributed by atoms with Crippen molar-refractivity contribution in [3.63, 3.8) is 0 Å². The van der Waals surface area contributed by atoms with Crippen molar-refractivity contribution >= 4 is 27.2 Å². The number of ketones is 1. The van der Waals surface area contributed by atoms with Gasteiger partial charge in [-0.25, -0.2) is 0 Å². The molecular weight excluding hydrogens is 232 g/mol. The molecule has 0 aliphatic heterocycles. The maximum absolute atomic E-state index is 12.6. The van der Waals surface area contributed by atoms with Crippen LogP contribution in [0.1, 0.15) is 29.6 Å². The van der Waals surface area contributed by atoms with Gasteiger partial charge in [-0.2, -0.15) is 0 Å². The van der Waals surface area contributed by atoms with Crippen molar-refractivity contribution in [1.82, 2.24) is 0 Å². The summed E-state index contributed by atoms with van der Waals surface area (Å²) in [6, 6.07) is 7.96. The number of fused-ring (bicyclic) bond motifs is 1. The number of methoxy groups -OCH3 is 1. The molecule has 2 aromatic rings. The second kappa shape index (κ2) is 3.93. The molecule has 1 aliphatic carbocycles. The number of ether oxygens (including phenoxy) is 1. The molecule has 2 nitrogen and oxygen atoms in total. The number of carbonyl (C=O) groups is 1. The fraction of sp³-hybridized carbons (Fsp3) is 0.357. The average molecular weight is 246 g/mol. The van der Waals surface area contributed by atoms with Gasteiger partial charge in [0.15, 0.2) is 5.78 Å². The van der Waals surface area contributed by atoms with E-state index in [0.717, 1.165) is 34.9 Å². The Morgan fingerprint density at radius 2 is 2.18 bits per heavy atom. The molecule has 0 amide bonds. The molecule has 3 rings (SSSR count). The molecule has 1 fully saturated rings. The fourth-order valence-corrected chi connectivity index (χ4v) is 3.35. The standard InChI is InChI=1S/C14H14O2S/c1-16-14(7-3-8-14)13(15)11-5-2-4-10-6-9-17-12(10)11/h2,4-6,9H,3,7-8H2,1H3. The van der Waals surface area contributed by atoms with Crippen LogP contribution in [0.5, 0.6) is 0 Å². The van der Waals surface area contributed by atoms with Crippen molar-refractivity contribution in [3.8, 4) is 0 Å². The smallest absolute Gasteiger partial charge is 0.196 e. The lowest BCUT2D eigenvalue weighted by Crippen LogP contribution is -2.47. The van der Waals surface area contributed by atoms with E-state index in [1.54, 1.807) is 18.4 Å². The lowest BCUT2D eigenvalue weighted by Gasteiger charge is -2.38. The van der Waals surface area contributed by atoms with Gasteiger partial charge in [-0.3, -0.25) is 4.79 Å². The highest BCUT2D eigenvalue weighted by molar-refractivity contribution is 7.17. The maximum atomic E-state index is 12.6. The Hall–Kier alpha value is -1.19. The number of benzene rings is 1. The molecule has 0 spiro atoms. The first-order valence-corrected chi connectivity index (χ1v) is 6.71. The minimum atomic E-state index is -0.543. The van der Waals surface area contributed by atoms with E-state index in [4.69, 9.17) is 4.74 Å². The average Bonchev–Trinajstić information content (AvgIpc) is 2.75. The summed E-state index contributed by atoms with van der Waals surface area (Å²) < 4.78 is 6.55. The lowest BCUT2D eigenvalue weighted by molar-refractivity contribution is -0.0447. The van der Waals surface area contributed by atoms with Gasteiger partial charge in [-0.15, -0.1) is 11.3 Å². The summed E-state index contributed by atoms with van der Waals surface area (Å²) in [5.74, 6) is 0.152. The Morgan fingerprint density at radius 1 is 1.35 bits per heavy atom. The Labute approximate surface area is 104 Å². The topological polar surface area (TPSA) is 26.3 Å². The van der Waals surface area contributed by atoms with Crippen LogP contribution in [0.3, 0.4) is 0 Å². The van der Waals surface area contributed by atoms with Crippen molar-refractivity contribution < 1.29 is 9.53 Å². The predicted octanol–water partition coefficient (Wildman–Crippen LogP) is 3.65. The monoisotopic (exact) mass is 246 g/mol. The fourth-order valence-electron chi connectivity index (χ4n) is 2.44. The normalized spacial score (nSPS) is 17.9. The van der Waals surface area contributed by atoms with Gasteiger partial charge in [-0.1, -0.05) is 12.1 Å². The largest absolute Gasteiger partial charge is 0.370 e. The van der Waals surface area contributed by atoms with Crippen LogP contribution >= 0.6 is 11.3 Å². The number of Topliss-reactive ketones (excluding diaryl/α,β-unsaturated/α-hetero) is 1. The quantitative estimate of drug-likeness (QED) is 0.773. The Balaban J connectivity index is 2.09. The summed E-state index contributed by atoms with van der Waals surface area (Å²) in [7, 11) is 1.64. The van der Waals surface area contributed by atoms with Crippen molar-refractivity contribution in [3.05, 3.63) is 35.2 Å². The molecule has 1 aromatic heterocycles. The van der Waals surface area contributed by atoms with Crippen LogP contribution in [0.15, 0.2) is 29.6 Å². The van der Waals surface area contributed by atoms with Gasteiger partial charge in [0.1, 0.15) is 5.60 Å². The van der Waals surface area contributed by atoms with Gasteiger partial charge in [0.25, 0.3) is 0 Å². The van der Waals surface area contributed by atoms with Crippen LogP contribution in [0, 0.1) is 0 Å². The van der Waals surface area contributed by atoms with E-state index in [1.807, 2.05) is 23.6 Å². The highest BCUT2D eigenvalue weighted by Crippen LogP contribution is 2.39. The van der Waals surface area contributed by atoms with Gasteiger partial charge in [-0.05, 0) is 42.2 Å². The second-order valence-corrected chi connectivity index (χ2v) is 5.44. The molecule has 1 aromatic carbocycles. The summed E-state index contributed by atoms with van der Waals surface area (Å²) in [6.45, 7) is 0. The van der Waals surface area contributed by atoms with E-state index in [1.165, 1.54) is 0 Å². The lowest BCUT2D eigenvalue weighted by atomic mass is 9.74. The zero-order valence-electron chi connectivity index (χ0n) is 9.73. The molecule has 0 N–H and O–H groups in total. The van der Waals surface area contributed by atoms with Crippen LogP contribution in [-0.4, -0.2) is 18.5 Å². The first-order chi connectivity index (χ1) is 8.27. The van der Waals surface area contributed by atoms with Gasteiger partial charge >= 0.3 is 0 Å². The minimum Gasteiger partial charge on any atom is -0.370 e. The molecule has 0 bridgehead atoms. The number of thiophene rings is 1. The molecule has 17 heavy (non-hydrogen) atoms. The number of hydrogen-bond donors (Lipinski definition) is 0. The Kier molecular flexibility index (Phi) is 2.53. The van der Waals surface area contributed by atoms with E-state index >= 15 is 0 Å². The van der Waals surface area contributed by atoms with E-state index in [9.17, 15) is 4.79 Å². The van der Waals surface area contributed by atoms with E-state index in [2.05, 4.69) is 6.07 Å². The molecule has 1 aliphatic rings. The SMILES string of the molecule is COC1(C(=O)c2cccc3ccsc23)CCC1. The van der Waals surface area contributed by atoms with Gasteiger partial charge in [0.05, 0.1) is 0 Å². The Morgan fingerprint density at radius 3 is 2.82 bits per heavy atom. The van der Waals surface area contributed by atoms with Crippen molar-refractivity contribution in [2.45, 2.75) is 24.9 Å². The third-order valence-corrected chi connectivity index (χ3v) is 4.65. The first-order valence-electron chi connectivity index (χ1n) is 5.83. The second-order valence-electron chi connectivity index (χ2n) is 4.53. The Bertz CT molecular complexity index is 561. The van der Waals surface area contributed by atoms with Gasteiger partial charge in [0, 0.05) is 17.4 Å². The van der Waals surface area contributed by atoms with Crippen LogP contribution in [-0.2, 0) is 4.74 Å². The third-order valence-electron chi connectivity index (χ3n) is 3.69. The molecule has 3 heteroatoms. The predicted molar refractivity (Wildman–Crippen MR) is 69.7 cm³/mol. The van der Waals surface area contributed by atoms with Crippen molar-refractivity contribution in [2.24, 2.45) is 0 Å². The van der Waals surface area contributed by atoms with E-state index < -0.39 is 5.60 Å². The molecule has 88 valence electrons. The molecule has 0 saturated heterocycles. The van der Waals surface area contributed by atoms with E-state index in [0.29, 0.717) is 0 Å². The van der Waals surface area contributed by atoms with Crippen LogP contribution < -0.4 is 0 Å². The van der Waals surface area contributed by atoms with Gasteiger partial charge in [0.2, 0.25) is 0 Å². The minimum absolute atomic E-state index is 0.152. The van der Waals surface area contributed by atoms with Crippen LogP contribution in [0.4, 0.5) is 0 Å². The maximum Gasteiger partial charge on any atom is 0.196 e. The molecule has 0 atom stereocenters. The number of carbonyl (C=O) groups excluding carboxylic acids is 1. The molecule has 0 radical (unpaired) electrons. The summed E-state index contributed by atoms with van der Waals surface area (Å²) >= 11 is 1.63. The first kappa shape index (κ1) is 10.9. The van der Waals surface area contributed by atoms with Crippen LogP contribution in [0.2, 0.25) is 0 Å². The molecule has 0 unspecified atom stereocenters. The van der Waals surface area contributed by atoms with Gasteiger partial charge < -0.3 is 4.74 Å². The molecule has 1 heterocycles.